The van der Waals surface area contributed by atoms with Crippen LogP contribution in [-0.4, -0.2) is 0 Å². The van der Waals surface area contributed by atoms with E-state index in [1.165, 1.54) is 105 Å². The number of hydrogen-bond acceptors (Lipinski definition) is 1. The van der Waals surface area contributed by atoms with E-state index in [1.54, 1.807) is 11.1 Å². The standard InChI is InChI=1S/C40H42S/c1-3-5-7-9-19-34-32-21-13-14-22-33(32)35(20-10-8-6-4-2)38-28-30(24-25-36(34)38)39-26-27-40(41-39)37-23-15-17-29-16-11-12-18-31(29)37/h11-18,21-28H,3-10,19-20H2,1-2H3. The summed E-state index contributed by atoms with van der Waals surface area (Å²) in [5.41, 5.74) is 5.78. The van der Waals surface area contributed by atoms with Crippen molar-refractivity contribution in [1.29, 1.82) is 0 Å². The highest BCUT2D eigenvalue weighted by Gasteiger charge is 2.16. The third-order valence-electron chi connectivity index (χ3n) is 8.75. The molecule has 0 fully saturated rings. The first-order valence-electron chi connectivity index (χ1n) is 15.8. The maximum Gasteiger partial charge on any atom is 0.0355 e. The third-order valence-corrected chi connectivity index (χ3v) is 9.92. The summed E-state index contributed by atoms with van der Waals surface area (Å²) in [5.74, 6) is 0. The van der Waals surface area contributed by atoms with Crippen molar-refractivity contribution in [3.05, 3.63) is 108 Å². The molecule has 0 saturated carbocycles. The van der Waals surface area contributed by atoms with E-state index in [-0.39, 0.29) is 0 Å². The number of rotatable bonds is 12. The number of thiophene rings is 1. The molecule has 0 N–H and O–H groups in total. The predicted molar refractivity (Wildman–Crippen MR) is 183 cm³/mol. The van der Waals surface area contributed by atoms with Crippen LogP contribution in [0.25, 0.3) is 53.2 Å². The zero-order valence-corrected chi connectivity index (χ0v) is 25.5. The number of unbranched alkanes of at least 4 members (excludes halogenated alkanes) is 6. The lowest BCUT2D eigenvalue weighted by Gasteiger charge is -2.18. The first-order chi connectivity index (χ1) is 20.3. The lowest BCUT2D eigenvalue weighted by Crippen LogP contribution is -1.98. The molecule has 5 aromatic carbocycles. The molecule has 0 atom stereocenters. The van der Waals surface area contributed by atoms with Crippen LogP contribution >= 0.6 is 11.3 Å². The molecular formula is C40H42S. The smallest absolute Gasteiger partial charge is 0.0355 e. The van der Waals surface area contributed by atoms with Crippen LogP contribution in [-0.2, 0) is 12.8 Å². The maximum atomic E-state index is 2.52. The number of fused-ring (bicyclic) bond motifs is 3. The molecule has 0 aliphatic carbocycles. The van der Waals surface area contributed by atoms with Crippen LogP contribution in [0.4, 0.5) is 0 Å². The van der Waals surface area contributed by atoms with Gasteiger partial charge in [-0.15, -0.1) is 11.3 Å². The molecule has 0 amide bonds. The highest BCUT2D eigenvalue weighted by molar-refractivity contribution is 7.18. The van der Waals surface area contributed by atoms with Crippen LogP contribution in [0.2, 0.25) is 0 Å². The number of benzene rings is 5. The second-order valence-corrected chi connectivity index (χ2v) is 12.7. The van der Waals surface area contributed by atoms with Crippen LogP contribution in [0.1, 0.15) is 76.3 Å². The van der Waals surface area contributed by atoms with E-state index in [0.29, 0.717) is 0 Å². The van der Waals surface area contributed by atoms with E-state index in [9.17, 15) is 0 Å². The average molecular weight is 555 g/mol. The van der Waals surface area contributed by atoms with Gasteiger partial charge in [0, 0.05) is 9.75 Å². The monoisotopic (exact) mass is 554 g/mol. The Kier molecular flexibility index (Phi) is 8.82. The Morgan fingerprint density at radius 3 is 1.76 bits per heavy atom. The lowest BCUT2D eigenvalue weighted by atomic mass is 9.86. The van der Waals surface area contributed by atoms with E-state index in [0.717, 1.165) is 12.8 Å². The van der Waals surface area contributed by atoms with E-state index in [1.807, 2.05) is 11.3 Å². The zero-order chi connectivity index (χ0) is 28.0. The minimum absolute atomic E-state index is 1.16. The summed E-state index contributed by atoms with van der Waals surface area (Å²) >= 11 is 1.92. The minimum Gasteiger partial charge on any atom is -0.135 e. The number of aryl methyl sites for hydroxylation is 2. The van der Waals surface area contributed by atoms with Gasteiger partial charge in [0.25, 0.3) is 0 Å². The highest BCUT2D eigenvalue weighted by Crippen LogP contribution is 2.41. The Balaban J connectivity index is 1.45. The third kappa shape index (κ3) is 5.84. The fourth-order valence-corrected chi connectivity index (χ4v) is 7.63. The first-order valence-corrected chi connectivity index (χ1v) is 16.6. The Bertz CT molecular complexity index is 1760. The molecule has 208 valence electrons. The lowest BCUT2D eigenvalue weighted by molar-refractivity contribution is 0.668. The Hall–Kier alpha value is -3.42. The van der Waals surface area contributed by atoms with Crippen molar-refractivity contribution in [1.82, 2.24) is 0 Å². The second kappa shape index (κ2) is 13.0. The molecule has 6 aromatic rings. The average Bonchev–Trinajstić information content (AvgIpc) is 3.51. The molecule has 0 aliphatic rings. The van der Waals surface area contributed by atoms with Gasteiger partial charge in [-0.3, -0.25) is 0 Å². The zero-order valence-electron chi connectivity index (χ0n) is 24.7. The van der Waals surface area contributed by atoms with Crippen molar-refractivity contribution < 1.29 is 0 Å². The van der Waals surface area contributed by atoms with E-state index >= 15 is 0 Å². The van der Waals surface area contributed by atoms with Crippen molar-refractivity contribution in [3.8, 4) is 20.9 Å². The van der Waals surface area contributed by atoms with Crippen LogP contribution in [0, 0.1) is 0 Å². The Morgan fingerprint density at radius 1 is 0.463 bits per heavy atom. The van der Waals surface area contributed by atoms with E-state index in [2.05, 4.69) is 111 Å². The first kappa shape index (κ1) is 27.7. The fraction of sp³-hybridized carbons (Fsp3) is 0.300. The van der Waals surface area contributed by atoms with E-state index in [4.69, 9.17) is 0 Å². The Morgan fingerprint density at radius 2 is 1.05 bits per heavy atom. The molecule has 0 radical (unpaired) electrons. The molecule has 1 heterocycles. The molecule has 0 unspecified atom stereocenters. The van der Waals surface area contributed by atoms with Gasteiger partial charge >= 0.3 is 0 Å². The molecule has 0 nitrogen and oxygen atoms in total. The van der Waals surface area contributed by atoms with Gasteiger partial charge < -0.3 is 0 Å². The predicted octanol–water partition coefficient (Wildman–Crippen LogP) is 12.8. The van der Waals surface area contributed by atoms with Gasteiger partial charge in [-0.25, -0.2) is 0 Å². The van der Waals surface area contributed by atoms with Gasteiger partial charge in [-0.1, -0.05) is 131 Å². The van der Waals surface area contributed by atoms with Gasteiger partial charge in [-0.2, -0.15) is 0 Å². The summed E-state index contributed by atoms with van der Waals surface area (Å²) in [5, 5.41) is 8.53. The normalized spacial score (nSPS) is 11.7. The molecule has 0 spiro atoms. The summed E-state index contributed by atoms with van der Waals surface area (Å²) in [6.45, 7) is 4.61. The van der Waals surface area contributed by atoms with Crippen LogP contribution in [0.3, 0.4) is 0 Å². The molecule has 1 heteroatoms. The van der Waals surface area contributed by atoms with Crippen molar-refractivity contribution in [2.45, 2.75) is 78.1 Å². The minimum atomic E-state index is 1.16. The molecule has 6 rings (SSSR count). The fourth-order valence-electron chi connectivity index (χ4n) is 6.58. The number of hydrogen-bond donors (Lipinski definition) is 0. The molecule has 1 aromatic heterocycles. The summed E-state index contributed by atoms with van der Waals surface area (Å²) in [7, 11) is 0. The summed E-state index contributed by atoms with van der Waals surface area (Å²) < 4.78 is 0. The molecule has 0 aliphatic heterocycles. The molecule has 0 saturated heterocycles. The van der Waals surface area contributed by atoms with Crippen molar-refractivity contribution >= 4 is 43.7 Å². The SMILES string of the molecule is CCCCCCc1c2ccccc2c(CCCCCC)c2cc(-c3ccc(-c4cccc5ccccc45)s3)ccc12. The highest BCUT2D eigenvalue weighted by atomic mass is 32.1. The largest absolute Gasteiger partial charge is 0.135 e. The molecule has 0 bridgehead atoms. The second-order valence-electron chi connectivity index (χ2n) is 11.6. The molecule has 41 heavy (non-hydrogen) atoms. The van der Waals surface area contributed by atoms with E-state index < -0.39 is 0 Å². The van der Waals surface area contributed by atoms with Gasteiger partial charge in [-0.05, 0) is 98.5 Å². The van der Waals surface area contributed by atoms with Gasteiger partial charge in [0.1, 0.15) is 0 Å². The summed E-state index contributed by atoms with van der Waals surface area (Å²) in [6, 6.07) is 36.6. The topological polar surface area (TPSA) is 0 Å². The maximum absolute atomic E-state index is 2.52. The quantitative estimate of drug-likeness (QED) is 0.104. The van der Waals surface area contributed by atoms with Crippen LogP contribution in [0.15, 0.2) is 97.1 Å². The van der Waals surface area contributed by atoms with Crippen molar-refractivity contribution in [3.63, 3.8) is 0 Å². The van der Waals surface area contributed by atoms with Crippen molar-refractivity contribution in [2.24, 2.45) is 0 Å². The summed E-state index contributed by atoms with van der Waals surface area (Å²) in [6.07, 6.45) is 12.7. The Labute approximate surface area is 250 Å². The van der Waals surface area contributed by atoms with Gasteiger partial charge in [0.05, 0.1) is 0 Å². The van der Waals surface area contributed by atoms with Gasteiger partial charge in [0.15, 0.2) is 0 Å². The van der Waals surface area contributed by atoms with Crippen LogP contribution < -0.4 is 0 Å². The summed E-state index contributed by atoms with van der Waals surface area (Å²) in [4.78, 5) is 2.69. The van der Waals surface area contributed by atoms with Crippen LogP contribution in [0.5, 0.6) is 0 Å². The van der Waals surface area contributed by atoms with Crippen molar-refractivity contribution in [2.75, 3.05) is 0 Å². The van der Waals surface area contributed by atoms with Gasteiger partial charge in [0.2, 0.25) is 0 Å². The molecular weight excluding hydrogens is 513 g/mol.